The summed E-state index contributed by atoms with van der Waals surface area (Å²) in [7, 11) is -3.43. The van der Waals surface area contributed by atoms with Crippen LogP contribution in [0.3, 0.4) is 0 Å². The topological polar surface area (TPSA) is 46.2 Å². The number of nitrogens with one attached hydrogen (secondary N) is 1. The van der Waals surface area contributed by atoms with Crippen LogP contribution in [0.25, 0.3) is 0 Å². The van der Waals surface area contributed by atoms with E-state index in [1.807, 2.05) is 32.9 Å². The molecule has 0 aliphatic carbocycles. The van der Waals surface area contributed by atoms with Crippen molar-refractivity contribution >= 4 is 21.6 Å². The van der Waals surface area contributed by atoms with Crippen molar-refractivity contribution in [3.8, 4) is 0 Å². The Balaban J connectivity index is 2.14. The van der Waals surface area contributed by atoms with Crippen molar-refractivity contribution in [2.75, 3.05) is 0 Å². The molecule has 0 aliphatic heterocycles. The quantitative estimate of drug-likeness (QED) is 0.891. The molecular formula is C17H20ClNO2S. The summed E-state index contributed by atoms with van der Waals surface area (Å²) in [5, 5.41) is 0.537. The first-order valence-electron chi connectivity index (χ1n) is 7.08. The second-order valence-electron chi connectivity index (χ2n) is 5.59. The lowest BCUT2D eigenvalue weighted by Crippen LogP contribution is -2.28. The van der Waals surface area contributed by atoms with Crippen molar-refractivity contribution in [3.63, 3.8) is 0 Å². The smallest absolute Gasteiger partial charge is 0.212 e. The first-order chi connectivity index (χ1) is 10.3. The van der Waals surface area contributed by atoms with E-state index in [4.69, 9.17) is 11.6 Å². The van der Waals surface area contributed by atoms with E-state index in [0.717, 1.165) is 16.7 Å². The number of benzene rings is 2. The van der Waals surface area contributed by atoms with E-state index in [0.29, 0.717) is 10.6 Å². The first kappa shape index (κ1) is 17.0. The van der Waals surface area contributed by atoms with Gasteiger partial charge in [-0.15, -0.1) is 0 Å². The summed E-state index contributed by atoms with van der Waals surface area (Å²) in [5.74, 6) is -0.0805. The van der Waals surface area contributed by atoms with Crippen LogP contribution in [-0.2, 0) is 15.8 Å². The van der Waals surface area contributed by atoms with E-state index in [9.17, 15) is 8.42 Å². The molecule has 0 spiro atoms. The maximum absolute atomic E-state index is 12.3. The highest BCUT2D eigenvalue weighted by molar-refractivity contribution is 7.88. The molecule has 3 nitrogen and oxygen atoms in total. The lowest BCUT2D eigenvalue weighted by Gasteiger charge is -2.17. The summed E-state index contributed by atoms with van der Waals surface area (Å²) in [6.45, 7) is 5.86. The fourth-order valence-electron chi connectivity index (χ4n) is 2.53. The summed E-state index contributed by atoms with van der Waals surface area (Å²) in [5.41, 5.74) is 3.90. The Morgan fingerprint density at radius 1 is 1.14 bits per heavy atom. The van der Waals surface area contributed by atoms with Crippen molar-refractivity contribution in [2.45, 2.75) is 32.6 Å². The second kappa shape index (κ2) is 6.82. The van der Waals surface area contributed by atoms with Gasteiger partial charge in [-0.2, -0.15) is 0 Å². The maximum atomic E-state index is 12.3. The van der Waals surface area contributed by atoms with Crippen molar-refractivity contribution in [1.29, 1.82) is 0 Å². The van der Waals surface area contributed by atoms with E-state index >= 15 is 0 Å². The molecule has 0 unspecified atom stereocenters. The van der Waals surface area contributed by atoms with E-state index in [1.165, 1.54) is 0 Å². The number of aryl methyl sites for hydroxylation is 2. The van der Waals surface area contributed by atoms with Crippen LogP contribution in [0.1, 0.15) is 35.2 Å². The fourth-order valence-corrected chi connectivity index (χ4v) is 4.11. The molecule has 0 radical (unpaired) electrons. The van der Waals surface area contributed by atoms with Crippen molar-refractivity contribution in [2.24, 2.45) is 0 Å². The van der Waals surface area contributed by atoms with Gasteiger partial charge in [0.1, 0.15) is 0 Å². The molecule has 5 heteroatoms. The van der Waals surface area contributed by atoms with Gasteiger partial charge in [-0.3, -0.25) is 0 Å². The Kier molecular flexibility index (Phi) is 5.27. The standard InChI is InChI=1S/C17H20ClNO2S/c1-12-7-8-17(13(2)9-12)14(3)19-22(20,21)11-15-5-4-6-16(18)10-15/h4-10,14,19H,11H2,1-3H3/t14-/m1/s1. The Hall–Kier alpha value is -1.36. The molecule has 2 rings (SSSR count). The van der Waals surface area contributed by atoms with E-state index in [2.05, 4.69) is 10.8 Å². The predicted octanol–water partition coefficient (Wildman–Crippen LogP) is 4.14. The molecule has 2 aromatic rings. The number of rotatable bonds is 5. The Morgan fingerprint density at radius 3 is 2.50 bits per heavy atom. The third kappa shape index (κ3) is 4.57. The van der Waals surface area contributed by atoms with Crippen LogP contribution in [0.15, 0.2) is 42.5 Å². The molecule has 1 N–H and O–H groups in total. The van der Waals surface area contributed by atoms with Gasteiger partial charge in [0.15, 0.2) is 0 Å². The molecule has 118 valence electrons. The Labute approximate surface area is 137 Å². The van der Waals surface area contributed by atoms with Crippen LogP contribution in [0, 0.1) is 13.8 Å². The van der Waals surface area contributed by atoms with Crippen LogP contribution in [0.4, 0.5) is 0 Å². The number of hydrogen-bond donors (Lipinski definition) is 1. The Morgan fingerprint density at radius 2 is 1.86 bits per heavy atom. The van der Waals surface area contributed by atoms with E-state index in [1.54, 1.807) is 24.3 Å². The molecule has 0 aromatic heterocycles. The van der Waals surface area contributed by atoms with Gasteiger partial charge in [0.05, 0.1) is 5.75 Å². The zero-order valence-corrected chi connectivity index (χ0v) is 14.5. The van der Waals surface area contributed by atoms with Crippen LogP contribution in [0.2, 0.25) is 5.02 Å². The van der Waals surface area contributed by atoms with Gasteiger partial charge in [-0.05, 0) is 49.6 Å². The van der Waals surface area contributed by atoms with Gasteiger partial charge < -0.3 is 0 Å². The van der Waals surface area contributed by atoms with Gasteiger partial charge >= 0.3 is 0 Å². The fraction of sp³-hybridized carbons (Fsp3) is 0.294. The van der Waals surface area contributed by atoms with Crippen molar-refractivity contribution in [1.82, 2.24) is 4.72 Å². The van der Waals surface area contributed by atoms with Gasteiger partial charge in [0.2, 0.25) is 10.0 Å². The van der Waals surface area contributed by atoms with Crippen molar-refractivity contribution in [3.05, 3.63) is 69.7 Å². The summed E-state index contributed by atoms with van der Waals surface area (Å²) in [4.78, 5) is 0. The predicted molar refractivity (Wildman–Crippen MR) is 91.5 cm³/mol. The van der Waals surface area contributed by atoms with Crippen LogP contribution < -0.4 is 4.72 Å². The van der Waals surface area contributed by atoms with Gasteiger partial charge in [0.25, 0.3) is 0 Å². The zero-order valence-electron chi connectivity index (χ0n) is 12.9. The van der Waals surface area contributed by atoms with Gasteiger partial charge in [-0.1, -0.05) is 47.5 Å². The van der Waals surface area contributed by atoms with E-state index in [-0.39, 0.29) is 11.8 Å². The highest BCUT2D eigenvalue weighted by atomic mass is 35.5. The van der Waals surface area contributed by atoms with Gasteiger partial charge in [0, 0.05) is 11.1 Å². The molecule has 0 amide bonds. The molecule has 22 heavy (non-hydrogen) atoms. The lowest BCUT2D eigenvalue weighted by atomic mass is 10.0. The maximum Gasteiger partial charge on any atom is 0.216 e. The van der Waals surface area contributed by atoms with E-state index < -0.39 is 10.0 Å². The SMILES string of the molecule is Cc1ccc([C@@H](C)NS(=O)(=O)Cc2cccc(Cl)c2)c(C)c1. The molecule has 1 atom stereocenters. The molecule has 0 saturated carbocycles. The first-order valence-corrected chi connectivity index (χ1v) is 9.11. The molecular weight excluding hydrogens is 318 g/mol. The average molecular weight is 338 g/mol. The van der Waals surface area contributed by atoms with Crippen LogP contribution >= 0.6 is 11.6 Å². The summed E-state index contributed by atoms with van der Waals surface area (Å²) < 4.78 is 27.4. The van der Waals surface area contributed by atoms with Crippen LogP contribution in [-0.4, -0.2) is 8.42 Å². The molecule has 0 bridgehead atoms. The average Bonchev–Trinajstić information content (AvgIpc) is 2.36. The highest BCUT2D eigenvalue weighted by Gasteiger charge is 2.18. The lowest BCUT2D eigenvalue weighted by molar-refractivity contribution is 0.565. The van der Waals surface area contributed by atoms with Gasteiger partial charge in [-0.25, -0.2) is 13.1 Å². The minimum Gasteiger partial charge on any atom is -0.212 e. The number of halogens is 1. The van der Waals surface area contributed by atoms with Crippen molar-refractivity contribution < 1.29 is 8.42 Å². The zero-order chi connectivity index (χ0) is 16.3. The molecule has 2 aromatic carbocycles. The summed E-state index contributed by atoms with van der Waals surface area (Å²) in [6, 6.07) is 12.6. The molecule has 0 fully saturated rings. The molecule has 0 saturated heterocycles. The van der Waals surface area contributed by atoms with Crippen LogP contribution in [0.5, 0.6) is 0 Å². The number of sulfonamides is 1. The third-order valence-electron chi connectivity index (χ3n) is 3.49. The Bertz CT molecular complexity index is 772. The minimum atomic E-state index is -3.43. The minimum absolute atomic E-state index is 0.0805. The monoisotopic (exact) mass is 337 g/mol. The largest absolute Gasteiger partial charge is 0.216 e. The summed E-state index contributed by atoms with van der Waals surface area (Å²) in [6.07, 6.45) is 0. The second-order valence-corrected chi connectivity index (χ2v) is 7.78. The normalized spacial score (nSPS) is 13.1. The summed E-state index contributed by atoms with van der Waals surface area (Å²) >= 11 is 5.90. The third-order valence-corrected chi connectivity index (χ3v) is 5.15. The molecule has 0 aliphatic rings. The highest BCUT2D eigenvalue weighted by Crippen LogP contribution is 2.20. The number of hydrogen-bond acceptors (Lipinski definition) is 2. The molecule has 0 heterocycles.